The molecule has 0 atom stereocenters. The molecule has 0 saturated heterocycles. The molecule has 20 heavy (non-hydrogen) atoms. The Balaban J connectivity index is 1.74. The molecular weight excluding hydrogens is 272 g/mol. The molecule has 4 nitrogen and oxygen atoms in total. The molecule has 5 heteroatoms. The third-order valence-electron chi connectivity index (χ3n) is 5.96. The second kappa shape index (κ2) is 4.96. The highest BCUT2D eigenvalue weighted by molar-refractivity contribution is 7.86. The smallest absolute Gasteiger partial charge is 0.195 e. The largest absolute Gasteiger partial charge is 0.281 e. The van der Waals surface area contributed by atoms with Gasteiger partial charge in [0.15, 0.2) is 0 Å². The minimum Gasteiger partial charge on any atom is -0.195 e. The molecule has 0 heterocycles. The highest BCUT2D eigenvalue weighted by atomic mass is 32.2. The van der Waals surface area contributed by atoms with Gasteiger partial charge in [-0.1, -0.05) is 6.92 Å². The average Bonchev–Trinajstić information content (AvgIpc) is 2.35. The SMILES string of the molecule is CCN(C)S(=O)(=O)N(C)CC12CC3CC(CC(C3)C1)C2. The van der Waals surface area contributed by atoms with Gasteiger partial charge in [0.05, 0.1) is 0 Å². The van der Waals surface area contributed by atoms with Gasteiger partial charge in [-0.3, -0.25) is 0 Å². The third kappa shape index (κ3) is 2.42. The first-order chi connectivity index (χ1) is 9.34. The van der Waals surface area contributed by atoms with Crippen molar-refractivity contribution in [2.45, 2.75) is 45.4 Å². The van der Waals surface area contributed by atoms with Crippen LogP contribution in [0.1, 0.15) is 45.4 Å². The molecule has 0 unspecified atom stereocenters. The van der Waals surface area contributed by atoms with E-state index in [4.69, 9.17) is 0 Å². The minimum atomic E-state index is -3.27. The molecular formula is C15H28N2O2S. The topological polar surface area (TPSA) is 40.6 Å². The van der Waals surface area contributed by atoms with Crippen molar-refractivity contribution < 1.29 is 8.42 Å². The molecule has 4 aliphatic carbocycles. The van der Waals surface area contributed by atoms with Crippen molar-refractivity contribution in [3.63, 3.8) is 0 Å². The Hall–Kier alpha value is -0.130. The third-order valence-corrected chi connectivity index (χ3v) is 7.92. The molecule has 0 aromatic carbocycles. The van der Waals surface area contributed by atoms with Gasteiger partial charge in [0.25, 0.3) is 10.2 Å². The maximum Gasteiger partial charge on any atom is 0.281 e. The average molecular weight is 300 g/mol. The first kappa shape index (κ1) is 14.8. The van der Waals surface area contributed by atoms with Crippen molar-refractivity contribution in [1.82, 2.24) is 8.61 Å². The van der Waals surface area contributed by atoms with E-state index in [2.05, 4.69) is 0 Å². The van der Waals surface area contributed by atoms with E-state index >= 15 is 0 Å². The fourth-order valence-electron chi connectivity index (χ4n) is 5.44. The van der Waals surface area contributed by atoms with E-state index in [0.717, 1.165) is 24.3 Å². The Labute approximate surface area is 123 Å². The summed E-state index contributed by atoms with van der Waals surface area (Å²) in [5.41, 5.74) is 0.283. The summed E-state index contributed by atoms with van der Waals surface area (Å²) in [6.45, 7) is 3.15. The lowest BCUT2D eigenvalue weighted by atomic mass is 9.49. The minimum absolute atomic E-state index is 0.283. The lowest BCUT2D eigenvalue weighted by Gasteiger charge is -2.57. The maximum absolute atomic E-state index is 12.4. The summed E-state index contributed by atoms with van der Waals surface area (Å²) < 4.78 is 27.9. The predicted octanol–water partition coefficient (Wildman–Crippen LogP) is 2.33. The molecule has 0 aromatic rings. The van der Waals surface area contributed by atoms with Crippen molar-refractivity contribution >= 4 is 10.2 Å². The molecule has 0 aromatic heterocycles. The summed E-state index contributed by atoms with van der Waals surface area (Å²) in [6, 6.07) is 0. The zero-order chi connectivity index (χ0) is 14.5. The van der Waals surface area contributed by atoms with Crippen LogP contribution in [0, 0.1) is 23.2 Å². The van der Waals surface area contributed by atoms with Crippen molar-refractivity contribution in [3.05, 3.63) is 0 Å². The van der Waals surface area contributed by atoms with Gasteiger partial charge in [-0.05, 0) is 61.7 Å². The second-order valence-electron chi connectivity index (χ2n) is 7.60. The summed E-state index contributed by atoms with van der Waals surface area (Å²) in [5.74, 6) is 2.63. The Morgan fingerprint density at radius 1 is 0.950 bits per heavy atom. The van der Waals surface area contributed by atoms with Crippen LogP contribution < -0.4 is 0 Å². The molecule has 0 radical (unpaired) electrons. The highest BCUT2D eigenvalue weighted by Crippen LogP contribution is 2.60. The Kier molecular flexibility index (Phi) is 3.67. The van der Waals surface area contributed by atoms with Gasteiger partial charge < -0.3 is 0 Å². The first-order valence-electron chi connectivity index (χ1n) is 8.02. The molecule has 4 aliphatic rings. The van der Waals surface area contributed by atoms with Crippen molar-refractivity contribution in [2.24, 2.45) is 23.2 Å². The van der Waals surface area contributed by atoms with Gasteiger partial charge in [-0.25, -0.2) is 0 Å². The van der Waals surface area contributed by atoms with Gasteiger partial charge in [0.2, 0.25) is 0 Å². The fourth-order valence-corrected chi connectivity index (χ4v) is 6.68. The number of hydrogen-bond donors (Lipinski definition) is 0. The normalized spacial score (nSPS) is 40.0. The summed E-state index contributed by atoms with van der Waals surface area (Å²) in [5, 5.41) is 0. The van der Waals surface area contributed by atoms with Crippen molar-refractivity contribution in [2.75, 3.05) is 27.2 Å². The maximum atomic E-state index is 12.4. The molecule has 4 saturated carbocycles. The van der Waals surface area contributed by atoms with E-state index in [9.17, 15) is 8.42 Å². The quantitative estimate of drug-likeness (QED) is 0.782. The lowest BCUT2D eigenvalue weighted by molar-refractivity contribution is -0.0587. The van der Waals surface area contributed by atoms with Crippen LogP contribution in [-0.2, 0) is 10.2 Å². The molecule has 116 valence electrons. The van der Waals surface area contributed by atoms with E-state index in [1.807, 2.05) is 6.92 Å². The summed E-state index contributed by atoms with van der Waals surface area (Å²) in [4.78, 5) is 0. The molecule has 0 spiro atoms. The van der Waals surface area contributed by atoms with E-state index in [1.165, 1.54) is 42.8 Å². The molecule has 0 amide bonds. The number of nitrogens with zero attached hydrogens (tertiary/aromatic N) is 2. The van der Waals surface area contributed by atoms with Crippen molar-refractivity contribution in [3.8, 4) is 0 Å². The van der Waals surface area contributed by atoms with Crippen LogP contribution in [0.3, 0.4) is 0 Å². The summed E-state index contributed by atoms with van der Waals surface area (Å²) in [7, 11) is 0.170. The Bertz CT molecular complexity index is 439. The van der Waals surface area contributed by atoms with Gasteiger partial charge in [-0.15, -0.1) is 0 Å². The van der Waals surface area contributed by atoms with Crippen LogP contribution >= 0.6 is 0 Å². The standard InChI is InChI=1S/C15H28N2O2S/c1-4-16(2)20(18,19)17(3)11-15-8-12-5-13(9-15)7-14(6-12)10-15/h12-14H,4-11H2,1-3H3. The molecule has 4 fully saturated rings. The van der Waals surface area contributed by atoms with Crippen LogP contribution in [0.2, 0.25) is 0 Å². The van der Waals surface area contributed by atoms with Crippen LogP contribution in [0.15, 0.2) is 0 Å². The van der Waals surface area contributed by atoms with E-state index < -0.39 is 10.2 Å². The van der Waals surface area contributed by atoms with Crippen LogP contribution in [0.5, 0.6) is 0 Å². The second-order valence-corrected chi connectivity index (χ2v) is 9.74. The lowest BCUT2D eigenvalue weighted by Crippen LogP contribution is -2.52. The van der Waals surface area contributed by atoms with Gasteiger partial charge >= 0.3 is 0 Å². The van der Waals surface area contributed by atoms with Crippen LogP contribution in [0.4, 0.5) is 0 Å². The number of hydrogen-bond acceptors (Lipinski definition) is 2. The molecule has 4 bridgehead atoms. The number of rotatable bonds is 5. The zero-order valence-corrected chi connectivity index (χ0v) is 13.8. The van der Waals surface area contributed by atoms with Gasteiger partial charge in [-0.2, -0.15) is 17.0 Å². The molecule has 4 rings (SSSR count). The molecule has 0 aliphatic heterocycles. The van der Waals surface area contributed by atoms with Gasteiger partial charge in [0, 0.05) is 27.2 Å². The summed E-state index contributed by atoms with van der Waals surface area (Å²) in [6.07, 6.45) is 8.00. The monoisotopic (exact) mass is 300 g/mol. The van der Waals surface area contributed by atoms with Crippen LogP contribution in [0.25, 0.3) is 0 Å². The Morgan fingerprint density at radius 3 is 1.80 bits per heavy atom. The highest BCUT2D eigenvalue weighted by Gasteiger charge is 2.51. The van der Waals surface area contributed by atoms with Gasteiger partial charge in [0.1, 0.15) is 0 Å². The van der Waals surface area contributed by atoms with Crippen LogP contribution in [-0.4, -0.2) is 44.2 Å². The predicted molar refractivity (Wildman–Crippen MR) is 80.5 cm³/mol. The van der Waals surface area contributed by atoms with E-state index in [0.29, 0.717) is 6.54 Å². The van der Waals surface area contributed by atoms with Crippen molar-refractivity contribution in [1.29, 1.82) is 0 Å². The Morgan fingerprint density at radius 2 is 1.40 bits per heavy atom. The first-order valence-corrected chi connectivity index (χ1v) is 9.42. The molecule has 0 N–H and O–H groups in total. The van der Waals surface area contributed by atoms with E-state index in [1.54, 1.807) is 18.4 Å². The zero-order valence-electron chi connectivity index (χ0n) is 13.0. The summed E-state index contributed by atoms with van der Waals surface area (Å²) >= 11 is 0. The fraction of sp³-hybridized carbons (Fsp3) is 1.00. The van der Waals surface area contributed by atoms with E-state index in [-0.39, 0.29) is 5.41 Å².